The van der Waals surface area contributed by atoms with Crippen molar-refractivity contribution in [1.29, 1.82) is 0 Å². The Bertz CT molecular complexity index is 295. The molecule has 0 aliphatic rings. The third-order valence-corrected chi connectivity index (χ3v) is 1.93. The molecule has 1 heterocycles. The zero-order valence-electron chi connectivity index (χ0n) is 6.38. The normalized spacial score (nSPS) is 7.67. The predicted octanol–water partition coefficient (Wildman–Crippen LogP) is 2.21. The second-order valence-corrected chi connectivity index (χ2v) is 2.60. The van der Waals surface area contributed by atoms with Crippen LogP contribution in [0.2, 0.25) is 0 Å². The molecule has 0 spiro atoms. The summed E-state index contributed by atoms with van der Waals surface area (Å²) in [4.78, 5) is 4.01. The molecule has 0 aliphatic heterocycles. The fourth-order valence-electron chi connectivity index (χ4n) is 0.757. The zero-order valence-corrected chi connectivity index (χ0v) is 11.0. The Morgan fingerprint density at radius 2 is 1.83 bits per heavy atom. The van der Waals surface area contributed by atoms with Gasteiger partial charge in [0.2, 0.25) is 0 Å². The van der Waals surface area contributed by atoms with Crippen molar-refractivity contribution in [3.63, 3.8) is 0 Å². The standard InChI is InChI=1S/C7H4NS.Cu.2H3P/c1-2-4-7-6(3-1)8-5-9-7;;;/h1-4H;;2*1H3/q-1;+1;;. The predicted molar refractivity (Wildman–Crippen MR) is 60.7 cm³/mol. The number of rotatable bonds is 0. The summed E-state index contributed by atoms with van der Waals surface area (Å²) in [5, 5.41) is 0. The van der Waals surface area contributed by atoms with Crippen LogP contribution in [0.1, 0.15) is 0 Å². The van der Waals surface area contributed by atoms with Gasteiger partial charge in [0.15, 0.2) is 0 Å². The molecule has 1 aromatic carbocycles. The van der Waals surface area contributed by atoms with E-state index in [0.29, 0.717) is 0 Å². The van der Waals surface area contributed by atoms with E-state index >= 15 is 0 Å². The molecule has 0 amide bonds. The molecule has 0 radical (unpaired) electrons. The first-order chi connectivity index (χ1) is 4.47. The molecule has 2 atom stereocenters. The van der Waals surface area contributed by atoms with Crippen molar-refractivity contribution in [1.82, 2.24) is 4.98 Å². The molecule has 2 rings (SSSR count). The number of fused-ring (bicyclic) bond motifs is 1. The van der Waals surface area contributed by atoms with Crippen LogP contribution in [0.15, 0.2) is 24.3 Å². The van der Waals surface area contributed by atoms with Crippen molar-refractivity contribution in [2.45, 2.75) is 0 Å². The molecule has 1 aromatic heterocycles. The first-order valence-electron chi connectivity index (χ1n) is 2.68. The van der Waals surface area contributed by atoms with Gasteiger partial charge < -0.3 is 4.98 Å². The molecule has 2 unspecified atom stereocenters. The fourth-order valence-corrected chi connectivity index (χ4v) is 1.36. The monoisotopic (exact) mass is 265 g/mol. The minimum Gasteiger partial charge on any atom is -0.386 e. The second kappa shape index (κ2) is 6.95. The van der Waals surface area contributed by atoms with Crippen molar-refractivity contribution < 1.29 is 17.1 Å². The largest absolute Gasteiger partial charge is 1.00 e. The van der Waals surface area contributed by atoms with E-state index in [2.05, 4.69) is 10.5 Å². The average Bonchev–Trinajstić information content (AvgIpc) is 2.33. The SMILES string of the molecule is P.P.[Cu+].[c-]1nc2ccccc2s1. The topological polar surface area (TPSA) is 12.9 Å². The van der Waals surface area contributed by atoms with Crippen LogP contribution in [0.5, 0.6) is 0 Å². The van der Waals surface area contributed by atoms with Crippen LogP contribution in [0.3, 0.4) is 0 Å². The quantitative estimate of drug-likeness (QED) is 0.404. The Morgan fingerprint density at radius 1 is 1.17 bits per heavy atom. The minimum absolute atomic E-state index is 0. The van der Waals surface area contributed by atoms with Crippen molar-refractivity contribution in [3.05, 3.63) is 29.8 Å². The van der Waals surface area contributed by atoms with E-state index in [4.69, 9.17) is 0 Å². The molecular weight excluding hydrogens is 256 g/mol. The number of hydrogen-bond donors (Lipinski definition) is 0. The summed E-state index contributed by atoms with van der Waals surface area (Å²) in [5.74, 6) is 0. The molecule has 70 valence electrons. The maximum absolute atomic E-state index is 4.01. The summed E-state index contributed by atoms with van der Waals surface area (Å²) in [5.41, 5.74) is 3.87. The molecule has 5 heteroatoms. The van der Waals surface area contributed by atoms with Gasteiger partial charge in [0.25, 0.3) is 0 Å². The fraction of sp³-hybridized carbons (Fsp3) is 0. The average molecular weight is 266 g/mol. The van der Waals surface area contributed by atoms with E-state index in [1.165, 1.54) is 4.70 Å². The molecule has 0 N–H and O–H groups in total. The van der Waals surface area contributed by atoms with Crippen LogP contribution in [0.4, 0.5) is 0 Å². The zero-order chi connectivity index (χ0) is 6.10. The summed E-state index contributed by atoms with van der Waals surface area (Å²) in [7, 11) is 0. The van der Waals surface area contributed by atoms with E-state index in [0.717, 1.165) is 5.52 Å². The van der Waals surface area contributed by atoms with Crippen LogP contribution in [-0.4, -0.2) is 4.98 Å². The van der Waals surface area contributed by atoms with Crippen LogP contribution >= 0.6 is 31.1 Å². The third kappa shape index (κ3) is 3.09. The van der Waals surface area contributed by atoms with Gasteiger partial charge in [-0.25, -0.2) is 0 Å². The Morgan fingerprint density at radius 3 is 2.50 bits per heavy atom. The van der Waals surface area contributed by atoms with Crippen LogP contribution < -0.4 is 0 Å². The third-order valence-electron chi connectivity index (χ3n) is 1.19. The number of hydrogen-bond acceptors (Lipinski definition) is 2. The maximum atomic E-state index is 4.01. The molecule has 0 aliphatic carbocycles. The van der Waals surface area contributed by atoms with Gasteiger partial charge in [0.1, 0.15) is 0 Å². The number of benzene rings is 1. The van der Waals surface area contributed by atoms with Gasteiger partial charge in [0, 0.05) is 0 Å². The Kier molecular flexibility index (Phi) is 8.68. The first kappa shape index (κ1) is 15.0. The van der Waals surface area contributed by atoms with Gasteiger partial charge in [-0.2, -0.15) is 19.8 Å². The van der Waals surface area contributed by atoms with Crippen LogP contribution in [-0.2, 0) is 17.1 Å². The summed E-state index contributed by atoms with van der Waals surface area (Å²) < 4.78 is 1.21. The van der Waals surface area contributed by atoms with Gasteiger partial charge in [-0.15, -0.1) is 16.8 Å². The number of thiazole rings is 1. The van der Waals surface area contributed by atoms with E-state index in [9.17, 15) is 0 Å². The number of aromatic nitrogens is 1. The Balaban J connectivity index is 0. The van der Waals surface area contributed by atoms with Gasteiger partial charge in [-0.05, 0) is 5.51 Å². The van der Waals surface area contributed by atoms with Crippen LogP contribution in [0, 0.1) is 5.51 Å². The Labute approximate surface area is 93.1 Å². The van der Waals surface area contributed by atoms with E-state index in [1.807, 2.05) is 24.3 Å². The summed E-state index contributed by atoms with van der Waals surface area (Å²) in [6.45, 7) is 0. The molecule has 2 aromatic rings. The number of nitrogens with zero attached hydrogens (tertiary/aromatic N) is 1. The minimum atomic E-state index is 0. The van der Waals surface area contributed by atoms with E-state index in [1.54, 1.807) is 11.3 Å². The summed E-state index contributed by atoms with van der Waals surface area (Å²) >= 11 is 1.55. The molecule has 0 saturated carbocycles. The van der Waals surface area contributed by atoms with Gasteiger partial charge in [0.05, 0.1) is 0 Å². The molecule has 0 saturated heterocycles. The Hall–Kier alpha value is 0.489. The number of para-hydroxylation sites is 1. The van der Waals surface area contributed by atoms with Crippen LogP contribution in [0.25, 0.3) is 10.2 Å². The van der Waals surface area contributed by atoms with Gasteiger partial charge in [-0.3, -0.25) is 11.3 Å². The van der Waals surface area contributed by atoms with Crippen molar-refractivity contribution >= 4 is 41.4 Å². The van der Waals surface area contributed by atoms with E-state index in [-0.39, 0.29) is 36.9 Å². The molecule has 1 nitrogen and oxygen atoms in total. The van der Waals surface area contributed by atoms with E-state index < -0.39 is 0 Å². The molecular formula is C7H10CuNP2S. The van der Waals surface area contributed by atoms with Crippen molar-refractivity contribution in [2.24, 2.45) is 0 Å². The summed E-state index contributed by atoms with van der Waals surface area (Å²) in [6, 6.07) is 8.02. The van der Waals surface area contributed by atoms with Gasteiger partial charge in [-0.1, -0.05) is 17.6 Å². The molecule has 0 fully saturated rings. The van der Waals surface area contributed by atoms with Gasteiger partial charge >= 0.3 is 17.1 Å². The maximum Gasteiger partial charge on any atom is 1.00 e. The van der Waals surface area contributed by atoms with Crippen molar-refractivity contribution in [2.75, 3.05) is 0 Å². The first-order valence-corrected chi connectivity index (χ1v) is 3.50. The smallest absolute Gasteiger partial charge is 0.386 e. The van der Waals surface area contributed by atoms with Crippen molar-refractivity contribution in [3.8, 4) is 0 Å². The molecule has 0 bridgehead atoms. The second-order valence-electron chi connectivity index (χ2n) is 1.77. The summed E-state index contributed by atoms with van der Waals surface area (Å²) in [6.07, 6.45) is 0. The molecule has 12 heavy (non-hydrogen) atoms.